The molecule has 1 aromatic rings. The molecular weight excluding hydrogens is 404 g/mol. The highest BCUT2D eigenvalue weighted by molar-refractivity contribution is 9.11. The quantitative estimate of drug-likeness (QED) is 0.693. The molecule has 0 spiro atoms. The van der Waals surface area contributed by atoms with Gasteiger partial charge in [-0.05, 0) is 53.4 Å². The van der Waals surface area contributed by atoms with Gasteiger partial charge in [0.15, 0.2) is 0 Å². The molecule has 1 aromatic carbocycles. The fraction of sp³-hybridized carbons (Fsp3) is 0.429. The number of hydrogen-bond donors (Lipinski definition) is 3. The molecule has 3 N–H and O–H groups in total. The molecule has 2 rings (SSSR count). The van der Waals surface area contributed by atoms with Crippen molar-refractivity contribution in [3.05, 3.63) is 27.1 Å². The SMILES string of the molecule is O=C(Nc1cc(Br)ccc1Br)NC1CCCC(C(=O)O)C1. The largest absolute Gasteiger partial charge is 0.481 e. The number of amides is 2. The van der Waals surface area contributed by atoms with Crippen molar-refractivity contribution in [2.75, 3.05) is 5.32 Å². The number of urea groups is 1. The van der Waals surface area contributed by atoms with E-state index < -0.39 is 5.97 Å². The van der Waals surface area contributed by atoms with E-state index in [0.29, 0.717) is 18.5 Å². The van der Waals surface area contributed by atoms with Gasteiger partial charge in [0.2, 0.25) is 0 Å². The Hall–Kier alpha value is -1.08. The van der Waals surface area contributed by atoms with Crippen molar-refractivity contribution in [1.82, 2.24) is 5.32 Å². The van der Waals surface area contributed by atoms with Crippen molar-refractivity contribution in [3.63, 3.8) is 0 Å². The summed E-state index contributed by atoms with van der Waals surface area (Å²) in [5, 5.41) is 14.7. The number of nitrogens with one attached hydrogen (secondary N) is 2. The van der Waals surface area contributed by atoms with Crippen LogP contribution in [0, 0.1) is 5.92 Å². The maximum atomic E-state index is 12.0. The van der Waals surface area contributed by atoms with Gasteiger partial charge in [-0.1, -0.05) is 22.4 Å². The van der Waals surface area contributed by atoms with Gasteiger partial charge in [-0.2, -0.15) is 0 Å². The number of halogens is 2. The number of hydrogen-bond acceptors (Lipinski definition) is 2. The third-order valence-electron chi connectivity index (χ3n) is 3.54. The molecule has 114 valence electrons. The normalized spacial score (nSPS) is 21.6. The van der Waals surface area contributed by atoms with E-state index in [0.717, 1.165) is 21.8 Å². The Morgan fingerprint density at radius 2 is 2.00 bits per heavy atom. The topological polar surface area (TPSA) is 78.4 Å². The fourth-order valence-electron chi connectivity index (χ4n) is 2.48. The van der Waals surface area contributed by atoms with Crippen molar-refractivity contribution >= 4 is 49.5 Å². The first kappa shape index (κ1) is 16.3. The van der Waals surface area contributed by atoms with Gasteiger partial charge in [0.25, 0.3) is 0 Å². The van der Waals surface area contributed by atoms with E-state index in [1.165, 1.54) is 0 Å². The van der Waals surface area contributed by atoms with Crippen molar-refractivity contribution in [2.45, 2.75) is 31.7 Å². The number of anilines is 1. The van der Waals surface area contributed by atoms with Crippen LogP contribution >= 0.6 is 31.9 Å². The Morgan fingerprint density at radius 3 is 2.71 bits per heavy atom. The molecule has 5 nitrogen and oxygen atoms in total. The number of carboxylic acids is 1. The Bertz CT molecular complexity index is 551. The zero-order valence-corrected chi connectivity index (χ0v) is 14.4. The molecule has 0 radical (unpaired) electrons. The monoisotopic (exact) mass is 418 g/mol. The van der Waals surface area contributed by atoms with Gasteiger partial charge in [-0.25, -0.2) is 4.79 Å². The van der Waals surface area contributed by atoms with Crippen LogP contribution in [0.2, 0.25) is 0 Å². The van der Waals surface area contributed by atoms with Crippen LogP contribution in [-0.4, -0.2) is 23.1 Å². The van der Waals surface area contributed by atoms with Gasteiger partial charge >= 0.3 is 12.0 Å². The summed E-state index contributed by atoms with van der Waals surface area (Å²) in [6, 6.07) is 5.09. The van der Waals surface area contributed by atoms with Gasteiger partial charge in [0.05, 0.1) is 11.6 Å². The van der Waals surface area contributed by atoms with Gasteiger partial charge < -0.3 is 15.7 Å². The second-order valence-corrected chi connectivity index (χ2v) is 6.89. The van der Waals surface area contributed by atoms with E-state index in [9.17, 15) is 9.59 Å². The van der Waals surface area contributed by atoms with E-state index in [1.807, 2.05) is 12.1 Å². The minimum Gasteiger partial charge on any atom is -0.481 e. The van der Waals surface area contributed by atoms with E-state index in [1.54, 1.807) is 6.07 Å². The van der Waals surface area contributed by atoms with Gasteiger partial charge in [-0.15, -0.1) is 0 Å². The molecule has 1 saturated carbocycles. The van der Waals surface area contributed by atoms with Gasteiger partial charge in [-0.3, -0.25) is 4.79 Å². The lowest BCUT2D eigenvalue weighted by Gasteiger charge is -2.27. The van der Waals surface area contributed by atoms with Crippen LogP contribution in [0.5, 0.6) is 0 Å². The third kappa shape index (κ3) is 4.71. The van der Waals surface area contributed by atoms with Crippen LogP contribution < -0.4 is 10.6 Å². The molecule has 0 aliphatic heterocycles. The third-order valence-corrected chi connectivity index (χ3v) is 4.72. The molecule has 7 heteroatoms. The van der Waals surface area contributed by atoms with E-state index in [2.05, 4.69) is 42.5 Å². The van der Waals surface area contributed by atoms with Gasteiger partial charge in [0.1, 0.15) is 0 Å². The summed E-state index contributed by atoms with van der Waals surface area (Å²) < 4.78 is 1.65. The number of carbonyl (C=O) groups is 2. The summed E-state index contributed by atoms with van der Waals surface area (Å²) in [6.07, 6.45) is 2.81. The molecule has 2 unspecified atom stereocenters. The molecular formula is C14H16Br2N2O3. The average Bonchev–Trinajstić information content (AvgIpc) is 2.43. The van der Waals surface area contributed by atoms with Crippen molar-refractivity contribution < 1.29 is 14.7 Å². The number of benzene rings is 1. The molecule has 0 aromatic heterocycles. The molecule has 0 saturated heterocycles. The van der Waals surface area contributed by atoms with E-state index >= 15 is 0 Å². The zero-order chi connectivity index (χ0) is 15.4. The number of carboxylic acid groups (broad SMARTS) is 1. The molecule has 0 heterocycles. The predicted molar refractivity (Wildman–Crippen MR) is 87.4 cm³/mol. The first-order valence-corrected chi connectivity index (χ1v) is 8.29. The maximum absolute atomic E-state index is 12.0. The highest BCUT2D eigenvalue weighted by Gasteiger charge is 2.27. The number of carbonyl (C=O) groups excluding carboxylic acids is 1. The van der Waals surface area contributed by atoms with E-state index in [4.69, 9.17) is 5.11 Å². The van der Waals surface area contributed by atoms with Crippen molar-refractivity contribution in [1.29, 1.82) is 0 Å². The number of rotatable bonds is 3. The highest BCUT2D eigenvalue weighted by Crippen LogP contribution is 2.27. The summed E-state index contributed by atoms with van der Waals surface area (Å²) >= 11 is 6.72. The lowest BCUT2D eigenvalue weighted by atomic mass is 9.86. The standard InChI is InChI=1S/C14H16Br2N2O3/c15-9-4-5-11(16)12(7-9)18-14(21)17-10-3-1-2-8(6-10)13(19)20/h4-5,7-8,10H,1-3,6H2,(H,19,20)(H2,17,18,21). The molecule has 1 fully saturated rings. The molecule has 1 aliphatic carbocycles. The summed E-state index contributed by atoms with van der Waals surface area (Å²) in [5.74, 6) is -1.14. The Balaban J connectivity index is 1.92. The van der Waals surface area contributed by atoms with Crippen LogP contribution in [0.4, 0.5) is 10.5 Å². The van der Waals surface area contributed by atoms with Crippen molar-refractivity contribution in [2.24, 2.45) is 5.92 Å². The molecule has 1 aliphatic rings. The van der Waals surface area contributed by atoms with Crippen LogP contribution in [0.1, 0.15) is 25.7 Å². The maximum Gasteiger partial charge on any atom is 0.319 e. The fourth-order valence-corrected chi connectivity index (χ4v) is 3.19. The minimum atomic E-state index is -0.781. The van der Waals surface area contributed by atoms with Crippen LogP contribution in [0.3, 0.4) is 0 Å². The summed E-state index contributed by atoms with van der Waals surface area (Å²) in [7, 11) is 0. The molecule has 0 bridgehead atoms. The average molecular weight is 420 g/mol. The summed E-state index contributed by atoms with van der Waals surface area (Å²) in [4.78, 5) is 23.0. The smallest absolute Gasteiger partial charge is 0.319 e. The van der Waals surface area contributed by atoms with Crippen LogP contribution in [-0.2, 0) is 4.79 Å². The zero-order valence-electron chi connectivity index (χ0n) is 11.2. The molecule has 21 heavy (non-hydrogen) atoms. The molecule has 2 amide bonds. The molecule has 2 atom stereocenters. The van der Waals surface area contributed by atoms with Gasteiger partial charge in [0, 0.05) is 15.0 Å². The summed E-state index contributed by atoms with van der Waals surface area (Å²) in [5.41, 5.74) is 0.660. The summed E-state index contributed by atoms with van der Waals surface area (Å²) in [6.45, 7) is 0. The number of aliphatic carboxylic acids is 1. The lowest BCUT2D eigenvalue weighted by Crippen LogP contribution is -2.42. The Labute approximate surface area is 139 Å². The first-order chi connectivity index (χ1) is 9.95. The lowest BCUT2D eigenvalue weighted by molar-refractivity contribution is -0.143. The van der Waals surface area contributed by atoms with Crippen LogP contribution in [0.15, 0.2) is 27.1 Å². The Kier molecular flexibility index (Phi) is 5.64. The van der Waals surface area contributed by atoms with Crippen molar-refractivity contribution in [3.8, 4) is 0 Å². The highest BCUT2D eigenvalue weighted by atomic mass is 79.9. The first-order valence-electron chi connectivity index (χ1n) is 6.71. The van der Waals surface area contributed by atoms with Crippen LogP contribution in [0.25, 0.3) is 0 Å². The minimum absolute atomic E-state index is 0.0919. The predicted octanol–water partition coefficient (Wildman–Crippen LogP) is 3.98. The second kappa shape index (κ2) is 7.26. The Morgan fingerprint density at radius 1 is 1.24 bits per heavy atom. The van der Waals surface area contributed by atoms with E-state index in [-0.39, 0.29) is 18.0 Å². The second-order valence-electron chi connectivity index (χ2n) is 5.12.